The van der Waals surface area contributed by atoms with Crippen molar-refractivity contribution >= 4 is 11.8 Å². The predicted octanol–water partition coefficient (Wildman–Crippen LogP) is 1.50. The van der Waals surface area contributed by atoms with E-state index in [0.717, 1.165) is 12.6 Å². The number of nitrogens with zero attached hydrogens (tertiary/aromatic N) is 2. The second kappa shape index (κ2) is 6.12. The molecular formula is C14H29N3S. The van der Waals surface area contributed by atoms with Crippen LogP contribution in [-0.4, -0.2) is 71.7 Å². The normalized spacial score (nSPS) is 33.7. The van der Waals surface area contributed by atoms with Crippen molar-refractivity contribution in [2.45, 2.75) is 44.5 Å². The van der Waals surface area contributed by atoms with Crippen molar-refractivity contribution in [3.8, 4) is 0 Å². The molecule has 0 amide bonds. The monoisotopic (exact) mass is 271 g/mol. The molecule has 2 atom stereocenters. The predicted molar refractivity (Wildman–Crippen MR) is 81.5 cm³/mol. The van der Waals surface area contributed by atoms with E-state index in [9.17, 15) is 0 Å². The molecule has 1 N–H and O–H groups in total. The molecule has 3 nitrogen and oxygen atoms in total. The summed E-state index contributed by atoms with van der Waals surface area (Å²) in [4.78, 5) is 5.28. The maximum absolute atomic E-state index is 3.72. The van der Waals surface area contributed by atoms with Gasteiger partial charge in [-0.25, -0.2) is 0 Å². The number of nitrogens with one attached hydrogen (secondary N) is 1. The van der Waals surface area contributed by atoms with Crippen LogP contribution in [0.1, 0.15) is 27.7 Å². The molecule has 0 aromatic rings. The quantitative estimate of drug-likeness (QED) is 0.816. The fraction of sp³-hybridized carbons (Fsp3) is 1.00. The summed E-state index contributed by atoms with van der Waals surface area (Å²) in [5.41, 5.74) is 0. The summed E-state index contributed by atoms with van der Waals surface area (Å²) in [7, 11) is 0. The Hall–Kier alpha value is 0.230. The van der Waals surface area contributed by atoms with Crippen LogP contribution in [0.3, 0.4) is 0 Å². The molecule has 3 aliphatic heterocycles. The third-order valence-corrected chi connectivity index (χ3v) is 5.39. The first-order valence-corrected chi connectivity index (χ1v) is 8.26. The Morgan fingerprint density at radius 1 is 1.22 bits per heavy atom. The van der Waals surface area contributed by atoms with Gasteiger partial charge in [0.05, 0.1) is 0 Å². The summed E-state index contributed by atoms with van der Waals surface area (Å²) in [6.07, 6.45) is 0. The first kappa shape index (κ1) is 14.6. The molecule has 3 saturated heterocycles. The minimum absolute atomic E-state index is 0.384. The van der Waals surface area contributed by atoms with E-state index < -0.39 is 0 Å². The van der Waals surface area contributed by atoms with Gasteiger partial charge in [0.1, 0.15) is 0 Å². The molecular weight excluding hydrogens is 242 g/mol. The Balaban J connectivity index is 1.65. The molecule has 18 heavy (non-hydrogen) atoms. The topological polar surface area (TPSA) is 18.5 Å². The number of fused-ring (bicyclic) bond motifs is 3. The van der Waals surface area contributed by atoms with E-state index in [2.05, 4.69) is 54.6 Å². The van der Waals surface area contributed by atoms with Gasteiger partial charge >= 0.3 is 0 Å². The van der Waals surface area contributed by atoms with Crippen molar-refractivity contribution in [1.82, 2.24) is 15.1 Å². The largest absolute Gasteiger partial charge is 0.312 e. The molecule has 0 spiro atoms. The van der Waals surface area contributed by atoms with Gasteiger partial charge in [-0.3, -0.25) is 9.80 Å². The van der Waals surface area contributed by atoms with Crippen molar-refractivity contribution in [2.75, 3.05) is 45.0 Å². The summed E-state index contributed by atoms with van der Waals surface area (Å²) in [5, 5.41) is 3.72. The van der Waals surface area contributed by atoms with Crippen molar-refractivity contribution in [3.05, 3.63) is 0 Å². The van der Waals surface area contributed by atoms with Crippen LogP contribution in [0.4, 0.5) is 0 Å². The van der Waals surface area contributed by atoms with Crippen LogP contribution in [0, 0.1) is 0 Å². The van der Waals surface area contributed by atoms with E-state index in [-0.39, 0.29) is 0 Å². The minimum atomic E-state index is 0.384. The molecule has 3 fully saturated rings. The Bertz CT molecular complexity index is 256. The van der Waals surface area contributed by atoms with E-state index in [0.29, 0.717) is 10.8 Å². The third-order valence-electron chi connectivity index (χ3n) is 3.86. The van der Waals surface area contributed by atoms with Crippen LogP contribution in [0.15, 0.2) is 0 Å². The Kier molecular flexibility index (Phi) is 4.98. The number of thioether (sulfide) groups is 1. The van der Waals surface area contributed by atoms with E-state index in [1.54, 1.807) is 0 Å². The van der Waals surface area contributed by atoms with E-state index in [1.807, 2.05) is 0 Å². The highest BCUT2D eigenvalue weighted by Crippen LogP contribution is 2.23. The van der Waals surface area contributed by atoms with E-state index >= 15 is 0 Å². The molecule has 0 aliphatic carbocycles. The second-order valence-corrected chi connectivity index (χ2v) is 8.57. The zero-order valence-corrected chi connectivity index (χ0v) is 13.2. The highest BCUT2D eigenvalue weighted by molar-refractivity contribution is 8.00. The lowest BCUT2D eigenvalue weighted by Gasteiger charge is -2.47. The van der Waals surface area contributed by atoms with Gasteiger partial charge in [-0.2, -0.15) is 11.8 Å². The highest BCUT2D eigenvalue weighted by atomic mass is 32.2. The van der Waals surface area contributed by atoms with Crippen LogP contribution < -0.4 is 5.32 Å². The van der Waals surface area contributed by atoms with Gasteiger partial charge in [0, 0.05) is 61.9 Å². The average Bonchev–Trinajstić information content (AvgIpc) is 2.34. The van der Waals surface area contributed by atoms with Gasteiger partial charge < -0.3 is 5.32 Å². The summed E-state index contributed by atoms with van der Waals surface area (Å²) >= 11 is 2.06. The summed E-state index contributed by atoms with van der Waals surface area (Å²) in [6, 6.07) is 1.36. The highest BCUT2D eigenvalue weighted by Gasteiger charge is 2.31. The lowest BCUT2D eigenvalue weighted by atomic mass is 10.1. The van der Waals surface area contributed by atoms with E-state index in [4.69, 9.17) is 0 Å². The molecule has 3 aliphatic rings. The van der Waals surface area contributed by atoms with Crippen LogP contribution in [0.5, 0.6) is 0 Å². The van der Waals surface area contributed by atoms with E-state index in [1.165, 1.54) is 38.5 Å². The SMILES string of the molecule is CC(CSC(C)(C)C)NCC1CN2CCN1CC2. The fourth-order valence-electron chi connectivity index (χ4n) is 2.69. The molecule has 0 aromatic heterocycles. The van der Waals surface area contributed by atoms with Gasteiger partial charge in [0.25, 0.3) is 0 Å². The average molecular weight is 271 g/mol. The first-order valence-electron chi connectivity index (χ1n) is 7.28. The third kappa shape index (κ3) is 4.41. The Labute approximate surface area is 117 Å². The van der Waals surface area contributed by atoms with Gasteiger partial charge in [-0.05, 0) is 6.92 Å². The zero-order valence-electron chi connectivity index (χ0n) is 12.4. The zero-order chi connectivity index (χ0) is 13.2. The maximum atomic E-state index is 3.72. The van der Waals surface area contributed by atoms with Crippen LogP contribution in [0.2, 0.25) is 0 Å². The number of hydrogen-bond acceptors (Lipinski definition) is 4. The molecule has 2 unspecified atom stereocenters. The molecule has 3 heterocycles. The fourth-order valence-corrected chi connectivity index (χ4v) is 3.56. The smallest absolute Gasteiger partial charge is 0.0349 e. The minimum Gasteiger partial charge on any atom is -0.312 e. The summed E-state index contributed by atoms with van der Waals surface area (Å²) in [6.45, 7) is 16.7. The molecule has 0 saturated carbocycles. The molecule has 3 rings (SSSR count). The number of piperazine rings is 3. The lowest BCUT2D eigenvalue weighted by Crippen LogP contribution is -2.63. The van der Waals surface area contributed by atoms with Crippen LogP contribution in [0.25, 0.3) is 0 Å². The van der Waals surface area contributed by atoms with Gasteiger partial charge in [0.15, 0.2) is 0 Å². The standard InChI is InChI=1S/C14H29N3S/c1-12(11-18-14(2,3)4)15-9-13-10-16-5-7-17(13)8-6-16/h12-13,15H,5-11H2,1-4H3. The van der Waals surface area contributed by atoms with Crippen LogP contribution >= 0.6 is 11.8 Å². The Morgan fingerprint density at radius 3 is 2.39 bits per heavy atom. The summed E-state index contributed by atoms with van der Waals surface area (Å²) < 4.78 is 0.384. The van der Waals surface area contributed by atoms with Gasteiger partial charge in [-0.1, -0.05) is 20.8 Å². The molecule has 2 bridgehead atoms. The number of rotatable bonds is 5. The van der Waals surface area contributed by atoms with Crippen molar-refractivity contribution in [2.24, 2.45) is 0 Å². The van der Waals surface area contributed by atoms with Gasteiger partial charge in [-0.15, -0.1) is 0 Å². The molecule has 4 heteroatoms. The summed E-state index contributed by atoms with van der Waals surface area (Å²) in [5.74, 6) is 1.21. The van der Waals surface area contributed by atoms with Crippen molar-refractivity contribution in [1.29, 1.82) is 0 Å². The van der Waals surface area contributed by atoms with Crippen molar-refractivity contribution < 1.29 is 0 Å². The second-order valence-electron chi connectivity index (χ2n) is 6.72. The molecule has 0 radical (unpaired) electrons. The molecule has 0 aromatic carbocycles. The molecule has 106 valence electrons. The van der Waals surface area contributed by atoms with Crippen molar-refractivity contribution in [3.63, 3.8) is 0 Å². The van der Waals surface area contributed by atoms with Crippen LogP contribution in [-0.2, 0) is 0 Å². The number of hydrogen-bond donors (Lipinski definition) is 1. The lowest BCUT2D eigenvalue weighted by molar-refractivity contribution is 0.0131. The first-order chi connectivity index (χ1) is 8.44. The Morgan fingerprint density at radius 2 is 1.89 bits per heavy atom. The van der Waals surface area contributed by atoms with Gasteiger partial charge in [0.2, 0.25) is 0 Å². The maximum Gasteiger partial charge on any atom is 0.0349 e.